The number of hydrogen-bond donors (Lipinski definition) is 2. The van der Waals surface area contributed by atoms with Crippen molar-refractivity contribution >= 4 is 11.7 Å². The van der Waals surface area contributed by atoms with Crippen LogP contribution in [0, 0.1) is 5.82 Å². The van der Waals surface area contributed by atoms with E-state index in [4.69, 9.17) is 0 Å². The number of carbonyl (C=O) groups is 1. The van der Waals surface area contributed by atoms with Gasteiger partial charge in [0.2, 0.25) is 0 Å². The highest BCUT2D eigenvalue weighted by Crippen LogP contribution is 2.18. The number of phenolic OH excluding ortho intramolecular Hbond substituents is 1. The number of nitrogens with one attached hydrogen (secondary N) is 1. The van der Waals surface area contributed by atoms with E-state index in [9.17, 15) is 14.3 Å². The van der Waals surface area contributed by atoms with Crippen molar-refractivity contribution in [1.29, 1.82) is 0 Å². The second-order valence-electron chi connectivity index (χ2n) is 3.21. The summed E-state index contributed by atoms with van der Waals surface area (Å²) in [6.45, 7) is 0. The van der Waals surface area contributed by atoms with E-state index in [-0.39, 0.29) is 11.4 Å². The molecule has 1 amide bonds. The zero-order valence-electron chi connectivity index (χ0n) is 8.59. The summed E-state index contributed by atoms with van der Waals surface area (Å²) in [7, 11) is 0. The SMILES string of the molecule is O=C(Nc1cnccn1)c1ccc(F)cc1O. The highest BCUT2D eigenvalue weighted by Gasteiger charge is 2.12. The largest absolute Gasteiger partial charge is 0.507 e. The van der Waals surface area contributed by atoms with E-state index < -0.39 is 17.5 Å². The number of anilines is 1. The molecule has 0 radical (unpaired) electrons. The first kappa shape index (κ1) is 11.0. The predicted octanol–water partition coefficient (Wildman–Crippen LogP) is 1.57. The third-order valence-corrected chi connectivity index (χ3v) is 2.01. The first-order valence-corrected chi connectivity index (χ1v) is 4.72. The minimum atomic E-state index is -0.612. The van der Waals surface area contributed by atoms with Gasteiger partial charge in [-0.1, -0.05) is 0 Å². The van der Waals surface area contributed by atoms with Gasteiger partial charge in [-0.3, -0.25) is 9.78 Å². The van der Waals surface area contributed by atoms with Crippen LogP contribution < -0.4 is 5.32 Å². The van der Waals surface area contributed by atoms with E-state index in [0.717, 1.165) is 12.1 Å². The van der Waals surface area contributed by atoms with Gasteiger partial charge in [0, 0.05) is 18.5 Å². The normalized spacial score (nSPS) is 9.94. The molecule has 0 saturated heterocycles. The second kappa shape index (κ2) is 4.56. The molecule has 0 aliphatic heterocycles. The van der Waals surface area contributed by atoms with Crippen LogP contribution in [-0.2, 0) is 0 Å². The van der Waals surface area contributed by atoms with Crippen LogP contribution in [-0.4, -0.2) is 21.0 Å². The number of carbonyl (C=O) groups excluding carboxylic acids is 1. The average molecular weight is 233 g/mol. The smallest absolute Gasteiger partial charge is 0.260 e. The molecule has 1 aromatic heterocycles. The van der Waals surface area contributed by atoms with Gasteiger partial charge in [-0.15, -0.1) is 0 Å². The molecule has 0 fully saturated rings. The summed E-state index contributed by atoms with van der Waals surface area (Å²) in [5.41, 5.74) is -0.0305. The van der Waals surface area contributed by atoms with Crippen molar-refractivity contribution in [1.82, 2.24) is 9.97 Å². The number of amides is 1. The summed E-state index contributed by atoms with van der Waals surface area (Å²) < 4.78 is 12.7. The van der Waals surface area contributed by atoms with Gasteiger partial charge in [0.1, 0.15) is 11.6 Å². The lowest BCUT2D eigenvalue weighted by atomic mass is 10.2. The summed E-state index contributed by atoms with van der Waals surface area (Å²) in [5.74, 6) is -1.37. The van der Waals surface area contributed by atoms with E-state index in [1.54, 1.807) is 0 Å². The molecule has 0 aliphatic rings. The molecule has 17 heavy (non-hydrogen) atoms. The Labute approximate surface area is 96.0 Å². The first-order chi connectivity index (χ1) is 8.16. The van der Waals surface area contributed by atoms with Gasteiger partial charge >= 0.3 is 0 Å². The van der Waals surface area contributed by atoms with Crippen LogP contribution in [0.15, 0.2) is 36.8 Å². The van der Waals surface area contributed by atoms with Crippen molar-refractivity contribution in [2.45, 2.75) is 0 Å². The van der Waals surface area contributed by atoms with Gasteiger partial charge in [-0.25, -0.2) is 9.37 Å². The summed E-state index contributed by atoms with van der Waals surface area (Å²) in [4.78, 5) is 19.3. The van der Waals surface area contributed by atoms with E-state index in [0.29, 0.717) is 0 Å². The van der Waals surface area contributed by atoms with Gasteiger partial charge in [-0.05, 0) is 12.1 Å². The van der Waals surface area contributed by atoms with Crippen molar-refractivity contribution in [3.05, 3.63) is 48.2 Å². The van der Waals surface area contributed by atoms with E-state index in [1.807, 2.05) is 0 Å². The standard InChI is InChI=1S/C11H8FN3O2/c12-7-1-2-8(9(16)5-7)11(17)15-10-6-13-3-4-14-10/h1-6,16H,(H,14,15,17). The quantitative estimate of drug-likeness (QED) is 0.825. The maximum Gasteiger partial charge on any atom is 0.260 e. The number of phenols is 1. The Kier molecular flexibility index (Phi) is 2.95. The van der Waals surface area contributed by atoms with E-state index >= 15 is 0 Å². The van der Waals surface area contributed by atoms with Crippen molar-refractivity contribution in [3.63, 3.8) is 0 Å². The molecule has 0 saturated carbocycles. The summed E-state index contributed by atoms with van der Waals surface area (Å²) >= 11 is 0. The second-order valence-corrected chi connectivity index (χ2v) is 3.21. The first-order valence-electron chi connectivity index (χ1n) is 4.72. The Bertz CT molecular complexity index is 546. The highest BCUT2D eigenvalue weighted by molar-refractivity contribution is 6.05. The lowest BCUT2D eigenvalue weighted by Gasteiger charge is -2.05. The third-order valence-electron chi connectivity index (χ3n) is 2.01. The molecule has 0 bridgehead atoms. The maximum absolute atomic E-state index is 12.7. The molecule has 1 aromatic carbocycles. The Balaban J connectivity index is 2.21. The summed E-state index contributed by atoms with van der Waals surface area (Å²) in [5, 5.41) is 11.8. The van der Waals surface area contributed by atoms with E-state index in [2.05, 4.69) is 15.3 Å². The van der Waals surface area contributed by atoms with Crippen molar-refractivity contribution < 1.29 is 14.3 Å². The number of nitrogens with zero attached hydrogens (tertiary/aromatic N) is 2. The zero-order valence-corrected chi connectivity index (χ0v) is 8.59. The highest BCUT2D eigenvalue weighted by atomic mass is 19.1. The molecule has 0 spiro atoms. The Morgan fingerprint density at radius 2 is 2.18 bits per heavy atom. The van der Waals surface area contributed by atoms with Crippen LogP contribution >= 0.6 is 0 Å². The molecule has 5 nitrogen and oxygen atoms in total. The minimum absolute atomic E-state index is 0.0305. The van der Waals surface area contributed by atoms with Gasteiger partial charge < -0.3 is 10.4 Å². The average Bonchev–Trinajstić information content (AvgIpc) is 2.30. The molecule has 0 aliphatic carbocycles. The molecule has 86 valence electrons. The molecule has 2 N–H and O–H groups in total. The molecule has 0 unspecified atom stereocenters. The predicted molar refractivity (Wildman–Crippen MR) is 58.1 cm³/mol. The van der Waals surface area contributed by atoms with Crippen LogP contribution in [0.3, 0.4) is 0 Å². The van der Waals surface area contributed by atoms with Crippen LogP contribution in [0.5, 0.6) is 5.75 Å². The van der Waals surface area contributed by atoms with Crippen LogP contribution in [0.4, 0.5) is 10.2 Å². The van der Waals surface area contributed by atoms with Crippen molar-refractivity contribution in [3.8, 4) is 5.75 Å². The van der Waals surface area contributed by atoms with Gasteiger partial charge in [0.25, 0.3) is 5.91 Å². The lowest BCUT2D eigenvalue weighted by molar-refractivity contribution is 0.102. The third kappa shape index (κ3) is 2.54. The number of hydrogen-bond acceptors (Lipinski definition) is 4. The Hall–Kier alpha value is -2.50. The van der Waals surface area contributed by atoms with Gasteiger partial charge in [0.05, 0.1) is 11.8 Å². The Morgan fingerprint density at radius 1 is 1.35 bits per heavy atom. The number of halogens is 1. The fourth-order valence-corrected chi connectivity index (χ4v) is 1.24. The summed E-state index contributed by atoms with van der Waals surface area (Å²) in [6.07, 6.45) is 4.24. The monoisotopic (exact) mass is 233 g/mol. The maximum atomic E-state index is 12.7. The number of rotatable bonds is 2. The fraction of sp³-hybridized carbons (Fsp3) is 0. The van der Waals surface area contributed by atoms with Gasteiger partial charge in [0.15, 0.2) is 5.82 Å². The van der Waals surface area contributed by atoms with Crippen LogP contribution in [0.1, 0.15) is 10.4 Å². The topological polar surface area (TPSA) is 75.1 Å². The number of aromatic hydroxyl groups is 1. The molecule has 6 heteroatoms. The summed E-state index contributed by atoms with van der Waals surface area (Å²) in [6, 6.07) is 3.15. The number of benzene rings is 1. The fourth-order valence-electron chi connectivity index (χ4n) is 1.24. The molecular weight excluding hydrogens is 225 g/mol. The molecular formula is C11H8FN3O2. The van der Waals surface area contributed by atoms with Crippen molar-refractivity contribution in [2.75, 3.05) is 5.32 Å². The van der Waals surface area contributed by atoms with Crippen molar-refractivity contribution in [2.24, 2.45) is 0 Å². The minimum Gasteiger partial charge on any atom is -0.507 e. The molecule has 0 atom stereocenters. The molecule has 1 heterocycles. The van der Waals surface area contributed by atoms with Gasteiger partial charge in [-0.2, -0.15) is 0 Å². The van der Waals surface area contributed by atoms with Crippen LogP contribution in [0.2, 0.25) is 0 Å². The zero-order chi connectivity index (χ0) is 12.3. The number of aromatic nitrogens is 2. The Morgan fingerprint density at radius 3 is 2.82 bits per heavy atom. The molecule has 2 aromatic rings. The molecule has 2 rings (SSSR count). The van der Waals surface area contributed by atoms with E-state index in [1.165, 1.54) is 24.7 Å². The van der Waals surface area contributed by atoms with Crippen LogP contribution in [0.25, 0.3) is 0 Å². The lowest BCUT2D eigenvalue weighted by Crippen LogP contribution is -2.13.